The quantitative estimate of drug-likeness (QED) is 0.616. The van der Waals surface area contributed by atoms with Crippen LogP contribution in [0.25, 0.3) is 10.9 Å². The highest BCUT2D eigenvalue weighted by molar-refractivity contribution is 5.89. The minimum absolute atomic E-state index is 0.300. The summed E-state index contributed by atoms with van der Waals surface area (Å²) in [6, 6.07) is 4.79. The predicted molar refractivity (Wildman–Crippen MR) is 56.6 cm³/mol. The predicted octanol–water partition coefficient (Wildman–Crippen LogP) is 1.86. The molecule has 0 aliphatic carbocycles. The van der Waals surface area contributed by atoms with E-state index in [1.54, 1.807) is 12.1 Å². The first-order valence-corrected chi connectivity index (χ1v) is 4.43. The number of fused-ring (bicyclic) bond motifs is 1. The normalized spacial score (nSPS) is 10.3. The largest absolute Gasteiger partial charge is 0.502 e. The van der Waals surface area contributed by atoms with E-state index in [4.69, 9.17) is 4.74 Å². The summed E-state index contributed by atoms with van der Waals surface area (Å²) in [5, 5.41) is 20.6. The fourth-order valence-corrected chi connectivity index (χ4v) is 1.41. The molecule has 6 heteroatoms. The molecule has 0 fully saturated rings. The second-order valence-corrected chi connectivity index (χ2v) is 3.13. The highest BCUT2D eigenvalue weighted by Crippen LogP contribution is 2.34. The van der Waals surface area contributed by atoms with Gasteiger partial charge >= 0.3 is 5.69 Å². The zero-order valence-electron chi connectivity index (χ0n) is 8.38. The number of pyridine rings is 1. The molecule has 2 rings (SSSR count). The van der Waals surface area contributed by atoms with E-state index >= 15 is 0 Å². The molecule has 0 amide bonds. The van der Waals surface area contributed by atoms with Crippen LogP contribution in [0.4, 0.5) is 5.69 Å². The maximum absolute atomic E-state index is 10.6. The van der Waals surface area contributed by atoms with Crippen molar-refractivity contribution in [3.05, 3.63) is 34.5 Å². The van der Waals surface area contributed by atoms with Crippen LogP contribution >= 0.6 is 0 Å². The van der Waals surface area contributed by atoms with Gasteiger partial charge in [0.2, 0.25) is 5.75 Å². The van der Waals surface area contributed by atoms with Gasteiger partial charge in [0, 0.05) is 0 Å². The van der Waals surface area contributed by atoms with Crippen molar-refractivity contribution < 1.29 is 14.8 Å². The number of methoxy groups -OCH3 is 1. The molecular weight excluding hydrogens is 212 g/mol. The lowest BCUT2D eigenvalue weighted by atomic mass is 10.2. The Balaban J connectivity index is 2.75. The Morgan fingerprint density at radius 1 is 1.50 bits per heavy atom. The lowest BCUT2D eigenvalue weighted by molar-refractivity contribution is -0.386. The fourth-order valence-electron chi connectivity index (χ4n) is 1.41. The van der Waals surface area contributed by atoms with Crippen molar-refractivity contribution >= 4 is 16.6 Å². The number of benzene rings is 1. The Bertz CT molecular complexity index is 568. The maximum atomic E-state index is 10.6. The zero-order chi connectivity index (χ0) is 11.7. The summed E-state index contributed by atoms with van der Waals surface area (Å²) in [5.74, 6) is 0.110. The smallest absolute Gasteiger partial charge is 0.329 e. The van der Waals surface area contributed by atoms with Crippen LogP contribution in [0, 0.1) is 10.1 Å². The average molecular weight is 220 g/mol. The number of hydrogen-bond donors (Lipinski definition) is 1. The molecule has 1 aromatic carbocycles. The van der Waals surface area contributed by atoms with Crippen LogP contribution in [0.2, 0.25) is 0 Å². The molecule has 0 radical (unpaired) electrons. The molecule has 1 heterocycles. The molecule has 0 atom stereocenters. The van der Waals surface area contributed by atoms with Gasteiger partial charge < -0.3 is 9.84 Å². The molecule has 82 valence electrons. The number of rotatable bonds is 2. The summed E-state index contributed by atoms with van der Waals surface area (Å²) in [5.41, 5.74) is 0.0599. The van der Waals surface area contributed by atoms with Crippen LogP contribution in [0.5, 0.6) is 11.5 Å². The summed E-state index contributed by atoms with van der Waals surface area (Å²) >= 11 is 0. The van der Waals surface area contributed by atoms with Crippen molar-refractivity contribution in [2.75, 3.05) is 7.11 Å². The van der Waals surface area contributed by atoms with Gasteiger partial charge in [0.05, 0.1) is 22.9 Å². The Labute approximate surface area is 90.3 Å². The Morgan fingerprint density at radius 3 is 2.88 bits per heavy atom. The first kappa shape index (κ1) is 10.2. The summed E-state index contributed by atoms with van der Waals surface area (Å²) < 4.78 is 4.97. The molecule has 16 heavy (non-hydrogen) atoms. The molecule has 0 spiro atoms. The van der Waals surface area contributed by atoms with E-state index in [-0.39, 0.29) is 0 Å². The minimum atomic E-state index is -0.679. The van der Waals surface area contributed by atoms with Crippen LogP contribution < -0.4 is 4.74 Å². The second kappa shape index (κ2) is 3.65. The SMILES string of the molecule is COc1ccc2ncc([N+](=O)[O-])c(O)c2c1. The third-order valence-electron chi connectivity index (χ3n) is 2.22. The monoisotopic (exact) mass is 220 g/mol. The van der Waals surface area contributed by atoms with Gasteiger partial charge in [-0.2, -0.15) is 0 Å². The van der Waals surface area contributed by atoms with Gasteiger partial charge in [-0.3, -0.25) is 10.1 Å². The molecule has 0 aliphatic heterocycles. The Hall–Kier alpha value is -2.37. The van der Waals surface area contributed by atoms with E-state index in [1.807, 2.05) is 0 Å². The summed E-state index contributed by atoms with van der Waals surface area (Å²) in [7, 11) is 1.48. The van der Waals surface area contributed by atoms with Crippen LogP contribution in [0.15, 0.2) is 24.4 Å². The van der Waals surface area contributed by atoms with Gasteiger partial charge in [-0.05, 0) is 18.2 Å². The highest BCUT2D eigenvalue weighted by Gasteiger charge is 2.17. The third-order valence-corrected chi connectivity index (χ3v) is 2.22. The number of hydrogen-bond acceptors (Lipinski definition) is 5. The molecule has 0 aliphatic rings. The molecule has 0 bridgehead atoms. The lowest BCUT2D eigenvalue weighted by Crippen LogP contribution is -1.91. The number of nitrogens with zero attached hydrogens (tertiary/aromatic N) is 2. The number of aromatic hydroxyl groups is 1. The lowest BCUT2D eigenvalue weighted by Gasteiger charge is -2.03. The van der Waals surface area contributed by atoms with Crippen LogP contribution in [-0.4, -0.2) is 22.1 Å². The first-order valence-electron chi connectivity index (χ1n) is 4.43. The Kier molecular flexibility index (Phi) is 2.32. The molecule has 2 aromatic rings. The second-order valence-electron chi connectivity index (χ2n) is 3.13. The van der Waals surface area contributed by atoms with Gasteiger partial charge in [0.1, 0.15) is 11.9 Å². The molecule has 0 unspecified atom stereocenters. The molecular formula is C10H8N2O4. The van der Waals surface area contributed by atoms with Gasteiger partial charge in [0.25, 0.3) is 0 Å². The Morgan fingerprint density at radius 2 is 2.25 bits per heavy atom. The molecule has 0 saturated carbocycles. The molecule has 0 saturated heterocycles. The van der Waals surface area contributed by atoms with Crippen molar-refractivity contribution in [3.8, 4) is 11.5 Å². The van der Waals surface area contributed by atoms with Crippen LogP contribution in [0.1, 0.15) is 0 Å². The molecule has 1 N–H and O–H groups in total. The standard InChI is InChI=1S/C10H8N2O4/c1-16-6-2-3-8-7(4-6)10(13)9(5-11-8)12(14)15/h2-5H,1H3,(H,11,13). The number of aromatic nitrogens is 1. The minimum Gasteiger partial charge on any atom is -0.502 e. The van der Waals surface area contributed by atoms with Gasteiger partial charge in [-0.15, -0.1) is 0 Å². The van der Waals surface area contributed by atoms with E-state index in [0.717, 1.165) is 6.20 Å². The van der Waals surface area contributed by atoms with Crippen molar-refractivity contribution in [1.82, 2.24) is 4.98 Å². The van der Waals surface area contributed by atoms with E-state index in [0.29, 0.717) is 16.7 Å². The van der Waals surface area contributed by atoms with E-state index < -0.39 is 16.4 Å². The van der Waals surface area contributed by atoms with Crippen molar-refractivity contribution in [2.24, 2.45) is 0 Å². The molecule has 6 nitrogen and oxygen atoms in total. The highest BCUT2D eigenvalue weighted by atomic mass is 16.6. The number of ether oxygens (including phenoxy) is 1. The van der Waals surface area contributed by atoms with E-state index in [1.165, 1.54) is 13.2 Å². The van der Waals surface area contributed by atoms with Gasteiger partial charge in [-0.1, -0.05) is 0 Å². The van der Waals surface area contributed by atoms with E-state index in [2.05, 4.69) is 4.98 Å². The fraction of sp³-hybridized carbons (Fsp3) is 0.100. The zero-order valence-corrected chi connectivity index (χ0v) is 8.38. The first-order chi connectivity index (χ1) is 7.63. The van der Waals surface area contributed by atoms with Crippen molar-refractivity contribution in [2.45, 2.75) is 0 Å². The average Bonchev–Trinajstić information content (AvgIpc) is 2.28. The molecule has 1 aromatic heterocycles. The topological polar surface area (TPSA) is 85.5 Å². The van der Waals surface area contributed by atoms with Gasteiger partial charge in [-0.25, -0.2) is 4.98 Å². The van der Waals surface area contributed by atoms with Gasteiger partial charge in [0.15, 0.2) is 0 Å². The summed E-state index contributed by atoms with van der Waals surface area (Å²) in [6.07, 6.45) is 1.03. The third kappa shape index (κ3) is 1.50. The maximum Gasteiger partial charge on any atom is 0.329 e. The number of nitro groups is 1. The van der Waals surface area contributed by atoms with Crippen molar-refractivity contribution in [1.29, 1.82) is 0 Å². The van der Waals surface area contributed by atoms with Crippen LogP contribution in [-0.2, 0) is 0 Å². The summed E-state index contributed by atoms with van der Waals surface area (Å²) in [4.78, 5) is 13.8. The summed E-state index contributed by atoms with van der Waals surface area (Å²) in [6.45, 7) is 0. The van der Waals surface area contributed by atoms with E-state index in [9.17, 15) is 15.2 Å². The van der Waals surface area contributed by atoms with Crippen molar-refractivity contribution in [3.63, 3.8) is 0 Å². The van der Waals surface area contributed by atoms with Crippen LogP contribution in [0.3, 0.4) is 0 Å².